The second kappa shape index (κ2) is 8.65. The first-order chi connectivity index (χ1) is 14.5. The minimum Gasteiger partial charge on any atom is -0.478 e. The maximum absolute atomic E-state index is 11.3. The molecule has 0 bridgehead atoms. The molecule has 1 aliphatic rings. The Balaban J connectivity index is 1.71. The molecule has 4 heteroatoms. The van der Waals surface area contributed by atoms with Crippen molar-refractivity contribution in [3.05, 3.63) is 70.4 Å². The first-order valence-electron chi connectivity index (χ1n) is 11.1. The van der Waals surface area contributed by atoms with Crippen molar-refractivity contribution in [2.45, 2.75) is 46.0 Å². The monoisotopic (exact) mass is 404 g/mol. The highest BCUT2D eigenvalue weighted by Crippen LogP contribution is 2.37. The van der Waals surface area contributed by atoms with Crippen molar-refractivity contribution in [2.75, 3.05) is 19.6 Å². The first-order valence-corrected chi connectivity index (χ1v) is 11.1. The zero-order valence-electron chi connectivity index (χ0n) is 18.2. The number of aromatic amines is 1. The highest BCUT2D eigenvalue weighted by Gasteiger charge is 2.29. The summed E-state index contributed by atoms with van der Waals surface area (Å²) in [6.45, 7) is 9.88. The van der Waals surface area contributed by atoms with E-state index in [0.29, 0.717) is 17.4 Å². The van der Waals surface area contributed by atoms with E-state index >= 15 is 0 Å². The molecule has 0 radical (unpaired) electrons. The van der Waals surface area contributed by atoms with Gasteiger partial charge in [0.2, 0.25) is 0 Å². The van der Waals surface area contributed by atoms with E-state index in [-0.39, 0.29) is 0 Å². The highest BCUT2D eigenvalue weighted by atomic mass is 16.4. The number of aromatic carboxylic acids is 1. The standard InChI is InChI=1S/C26H32N2O2/c1-4-28-13-5-6-21(24(16-28)19-7-9-20(10-8-19)26(29)30)15-23-17(2)14-18(3)25-22(23)11-12-27-25/h7-12,14,21,24,27H,4-6,13,15-16H2,1-3H3,(H,29,30)/t21-,24-/m0/s1. The molecule has 1 fully saturated rings. The zero-order chi connectivity index (χ0) is 21.3. The summed E-state index contributed by atoms with van der Waals surface area (Å²) in [4.78, 5) is 17.3. The van der Waals surface area contributed by atoms with Gasteiger partial charge in [0.05, 0.1) is 5.56 Å². The fourth-order valence-corrected chi connectivity index (χ4v) is 5.26. The summed E-state index contributed by atoms with van der Waals surface area (Å²) in [5.41, 5.74) is 7.01. The lowest BCUT2D eigenvalue weighted by Crippen LogP contribution is -2.29. The molecular weight excluding hydrogens is 372 g/mol. The van der Waals surface area contributed by atoms with Crippen molar-refractivity contribution in [1.29, 1.82) is 0 Å². The molecule has 4 rings (SSSR count). The van der Waals surface area contributed by atoms with Crippen LogP contribution in [0.2, 0.25) is 0 Å². The lowest BCUT2D eigenvalue weighted by molar-refractivity contribution is 0.0697. The minimum atomic E-state index is -0.862. The number of H-pyrrole nitrogens is 1. The Bertz CT molecular complexity index is 1040. The van der Waals surface area contributed by atoms with E-state index in [1.807, 2.05) is 12.1 Å². The number of hydrogen-bond acceptors (Lipinski definition) is 2. The normalized spacial score (nSPS) is 20.4. The molecule has 0 unspecified atom stereocenters. The van der Waals surface area contributed by atoms with Gasteiger partial charge in [0.1, 0.15) is 0 Å². The second-order valence-electron chi connectivity index (χ2n) is 8.79. The summed E-state index contributed by atoms with van der Waals surface area (Å²) in [7, 11) is 0. The van der Waals surface area contributed by atoms with Crippen LogP contribution in [0.3, 0.4) is 0 Å². The van der Waals surface area contributed by atoms with Crippen molar-refractivity contribution in [2.24, 2.45) is 5.92 Å². The Labute approximate surface area is 178 Å². The summed E-state index contributed by atoms with van der Waals surface area (Å²) in [6.07, 6.45) is 5.52. The van der Waals surface area contributed by atoms with Crippen LogP contribution >= 0.6 is 0 Å². The van der Waals surface area contributed by atoms with Crippen molar-refractivity contribution in [3.8, 4) is 0 Å². The van der Waals surface area contributed by atoms with Crippen LogP contribution in [0.1, 0.15) is 58.3 Å². The number of nitrogens with one attached hydrogen (secondary N) is 1. The largest absolute Gasteiger partial charge is 0.478 e. The van der Waals surface area contributed by atoms with E-state index in [0.717, 1.165) is 26.1 Å². The molecule has 30 heavy (non-hydrogen) atoms. The average molecular weight is 405 g/mol. The molecule has 3 aromatic rings. The quantitative estimate of drug-likeness (QED) is 0.587. The molecule has 0 amide bonds. The maximum atomic E-state index is 11.3. The number of aromatic nitrogens is 1. The Kier molecular flexibility index (Phi) is 5.96. The van der Waals surface area contributed by atoms with Gasteiger partial charge >= 0.3 is 5.97 Å². The first kappa shape index (κ1) is 20.7. The van der Waals surface area contributed by atoms with Crippen molar-refractivity contribution >= 4 is 16.9 Å². The Morgan fingerprint density at radius 1 is 1.17 bits per heavy atom. The lowest BCUT2D eigenvalue weighted by atomic mass is 9.78. The molecule has 0 saturated carbocycles. The van der Waals surface area contributed by atoms with Gasteiger partial charge in [0.15, 0.2) is 0 Å². The summed E-state index contributed by atoms with van der Waals surface area (Å²) < 4.78 is 0. The Hall–Kier alpha value is -2.59. The Morgan fingerprint density at radius 3 is 2.63 bits per heavy atom. The van der Waals surface area contributed by atoms with Crippen LogP contribution in [0, 0.1) is 19.8 Å². The molecule has 2 atom stereocenters. The summed E-state index contributed by atoms with van der Waals surface area (Å²) in [5.74, 6) is 0.0843. The van der Waals surface area contributed by atoms with E-state index in [9.17, 15) is 9.90 Å². The van der Waals surface area contributed by atoms with Gasteiger partial charge in [-0.1, -0.05) is 25.1 Å². The molecule has 1 saturated heterocycles. The summed E-state index contributed by atoms with van der Waals surface area (Å²) in [5, 5.41) is 10.6. The summed E-state index contributed by atoms with van der Waals surface area (Å²) >= 11 is 0. The SMILES string of the molecule is CCN1CCC[C@@H](Cc2c(C)cc(C)c3[nH]ccc23)[C@H](c2ccc(C(=O)O)cc2)C1. The van der Waals surface area contributed by atoms with Gasteiger partial charge in [-0.25, -0.2) is 4.79 Å². The number of rotatable bonds is 5. The zero-order valence-corrected chi connectivity index (χ0v) is 18.2. The molecule has 158 valence electrons. The molecule has 0 aliphatic carbocycles. The predicted octanol–water partition coefficient (Wildman–Crippen LogP) is 5.54. The van der Waals surface area contributed by atoms with Gasteiger partial charge in [-0.3, -0.25) is 0 Å². The Morgan fingerprint density at radius 2 is 1.93 bits per heavy atom. The number of likely N-dealkylation sites (tertiary alicyclic amines) is 1. The number of fused-ring (bicyclic) bond motifs is 1. The minimum absolute atomic E-state index is 0.361. The van der Waals surface area contributed by atoms with Crippen molar-refractivity contribution in [3.63, 3.8) is 0 Å². The third-order valence-electron chi connectivity index (χ3n) is 6.95. The number of carboxylic acids is 1. The van der Waals surface area contributed by atoms with E-state index in [2.05, 4.69) is 49.0 Å². The van der Waals surface area contributed by atoms with Crippen molar-refractivity contribution in [1.82, 2.24) is 9.88 Å². The molecule has 2 heterocycles. The van der Waals surface area contributed by atoms with Crippen LogP contribution in [0.25, 0.3) is 10.9 Å². The fraction of sp³-hybridized carbons (Fsp3) is 0.423. The van der Waals surface area contributed by atoms with Crippen LogP contribution in [-0.4, -0.2) is 40.6 Å². The van der Waals surface area contributed by atoms with Crippen LogP contribution < -0.4 is 0 Å². The van der Waals surface area contributed by atoms with Crippen LogP contribution in [0.15, 0.2) is 42.6 Å². The van der Waals surface area contributed by atoms with Crippen LogP contribution in [-0.2, 0) is 6.42 Å². The molecule has 0 spiro atoms. The third-order valence-corrected chi connectivity index (χ3v) is 6.95. The smallest absolute Gasteiger partial charge is 0.335 e. The lowest BCUT2D eigenvalue weighted by Gasteiger charge is -2.29. The topological polar surface area (TPSA) is 56.3 Å². The van der Waals surface area contributed by atoms with Gasteiger partial charge < -0.3 is 15.0 Å². The molecule has 1 aromatic heterocycles. The third kappa shape index (κ3) is 4.01. The molecule has 1 aliphatic heterocycles. The predicted molar refractivity (Wildman–Crippen MR) is 122 cm³/mol. The van der Waals surface area contributed by atoms with Gasteiger partial charge in [-0.15, -0.1) is 0 Å². The van der Waals surface area contributed by atoms with Gasteiger partial charge in [0.25, 0.3) is 0 Å². The number of hydrogen-bond donors (Lipinski definition) is 2. The van der Waals surface area contributed by atoms with E-state index in [4.69, 9.17) is 0 Å². The molecule has 4 nitrogen and oxygen atoms in total. The van der Waals surface area contributed by atoms with Crippen molar-refractivity contribution < 1.29 is 9.90 Å². The number of benzene rings is 2. The van der Waals surface area contributed by atoms with E-state index in [1.54, 1.807) is 12.1 Å². The fourth-order valence-electron chi connectivity index (χ4n) is 5.26. The molecule has 2 aromatic carbocycles. The summed E-state index contributed by atoms with van der Waals surface area (Å²) in [6, 6.07) is 12.1. The average Bonchev–Trinajstić information content (AvgIpc) is 3.14. The van der Waals surface area contributed by atoms with Gasteiger partial charge in [-0.05, 0) is 98.5 Å². The maximum Gasteiger partial charge on any atom is 0.335 e. The second-order valence-corrected chi connectivity index (χ2v) is 8.79. The molecular formula is C26H32N2O2. The van der Waals surface area contributed by atoms with E-state index in [1.165, 1.54) is 46.0 Å². The van der Waals surface area contributed by atoms with Gasteiger partial charge in [0, 0.05) is 23.6 Å². The molecule has 2 N–H and O–H groups in total. The number of nitrogens with zero attached hydrogens (tertiary/aromatic N) is 1. The number of likely N-dealkylation sites (N-methyl/N-ethyl adjacent to an activating group) is 1. The highest BCUT2D eigenvalue weighted by molar-refractivity contribution is 5.88. The van der Waals surface area contributed by atoms with Gasteiger partial charge in [-0.2, -0.15) is 0 Å². The van der Waals surface area contributed by atoms with Crippen LogP contribution in [0.4, 0.5) is 0 Å². The number of aryl methyl sites for hydroxylation is 2. The van der Waals surface area contributed by atoms with Crippen LogP contribution in [0.5, 0.6) is 0 Å². The van der Waals surface area contributed by atoms with E-state index < -0.39 is 5.97 Å². The number of carboxylic acid groups (broad SMARTS) is 1. The number of carbonyl (C=O) groups is 1.